The van der Waals surface area contributed by atoms with Crippen molar-refractivity contribution in [3.05, 3.63) is 42.0 Å². The Morgan fingerprint density at radius 1 is 1.50 bits per heavy atom. The zero-order valence-electron chi connectivity index (χ0n) is 9.48. The lowest BCUT2D eigenvalue weighted by molar-refractivity contribution is -0.144. The van der Waals surface area contributed by atoms with Gasteiger partial charge in [0.15, 0.2) is 0 Å². The van der Waals surface area contributed by atoms with Gasteiger partial charge in [-0.3, -0.25) is 4.79 Å². The molecule has 0 bridgehead atoms. The maximum atomic E-state index is 11.5. The van der Waals surface area contributed by atoms with Gasteiger partial charge >= 0.3 is 5.97 Å². The number of carbonyl (C=O) groups is 1. The Morgan fingerprint density at radius 3 is 2.75 bits per heavy atom. The number of hydrogen-bond donors (Lipinski definition) is 0. The highest BCUT2D eigenvalue weighted by Gasteiger charge is 2.44. The molecule has 0 radical (unpaired) electrons. The predicted molar refractivity (Wildman–Crippen MR) is 64.0 cm³/mol. The van der Waals surface area contributed by atoms with E-state index in [-0.39, 0.29) is 11.9 Å². The molecule has 0 heterocycles. The molecule has 2 heteroatoms. The van der Waals surface area contributed by atoms with Crippen molar-refractivity contribution in [1.82, 2.24) is 0 Å². The summed E-state index contributed by atoms with van der Waals surface area (Å²) in [5.74, 6) is 0.382. The molecule has 16 heavy (non-hydrogen) atoms. The van der Waals surface area contributed by atoms with E-state index in [4.69, 9.17) is 4.74 Å². The lowest BCUT2D eigenvalue weighted by Gasteiger charge is -2.02. The number of hydrogen-bond acceptors (Lipinski definition) is 2. The molecule has 2 unspecified atom stereocenters. The summed E-state index contributed by atoms with van der Waals surface area (Å²) >= 11 is 0. The van der Waals surface area contributed by atoms with Crippen LogP contribution in [0.2, 0.25) is 0 Å². The Labute approximate surface area is 95.9 Å². The Kier molecular flexibility index (Phi) is 3.09. The summed E-state index contributed by atoms with van der Waals surface area (Å²) in [5, 5.41) is 0. The number of esters is 1. The van der Waals surface area contributed by atoms with Gasteiger partial charge < -0.3 is 4.74 Å². The Hall–Kier alpha value is -1.57. The Morgan fingerprint density at radius 2 is 2.19 bits per heavy atom. The molecule has 2 nitrogen and oxygen atoms in total. The van der Waals surface area contributed by atoms with Crippen molar-refractivity contribution in [2.75, 3.05) is 6.61 Å². The molecule has 1 saturated carbocycles. The third kappa shape index (κ3) is 2.16. The van der Waals surface area contributed by atoms with Gasteiger partial charge in [0.1, 0.15) is 0 Å². The monoisotopic (exact) mass is 216 g/mol. The Bertz CT molecular complexity index is 392. The van der Waals surface area contributed by atoms with Gasteiger partial charge in [-0.2, -0.15) is 0 Å². The first-order valence-corrected chi connectivity index (χ1v) is 5.65. The van der Waals surface area contributed by atoms with E-state index in [0.717, 1.165) is 12.0 Å². The van der Waals surface area contributed by atoms with Crippen molar-refractivity contribution < 1.29 is 9.53 Å². The van der Waals surface area contributed by atoms with Crippen LogP contribution in [-0.2, 0) is 9.53 Å². The summed E-state index contributed by atoms with van der Waals surface area (Å²) in [7, 11) is 0. The molecule has 1 aliphatic rings. The van der Waals surface area contributed by atoms with Crippen molar-refractivity contribution >= 4 is 12.0 Å². The highest BCUT2D eigenvalue weighted by molar-refractivity contribution is 5.77. The van der Waals surface area contributed by atoms with Crippen LogP contribution < -0.4 is 0 Å². The van der Waals surface area contributed by atoms with Crippen molar-refractivity contribution in [3.8, 4) is 0 Å². The van der Waals surface area contributed by atoms with Crippen LogP contribution in [0, 0.1) is 5.92 Å². The molecular formula is C14H16O2. The van der Waals surface area contributed by atoms with Crippen LogP contribution in [0.5, 0.6) is 0 Å². The van der Waals surface area contributed by atoms with E-state index in [1.165, 1.54) is 5.56 Å². The molecule has 2 rings (SSSR count). The largest absolute Gasteiger partial charge is 0.466 e. The summed E-state index contributed by atoms with van der Waals surface area (Å²) in [5.41, 5.74) is 2.33. The van der Waals surface area contributed by atoms with E-state index in [9.17, 15) is 4.79 Å². The predicted octanol–water partition coefficient (Wildman–Crippen LogP) is 3.00. The smallest absolute Gasteiger partial charge is 0.309 e. The van der Waals surface area contributed by atoms with Crippen molar-refractivity contribution in [2.24, 2.45) is 5.92 Å². The zero-order chi connectivity index (χ0) is 11.5. The molecule has 0 aromatic heterocycles. The fraction of sp³-hybridized carbons (Fsp3) is 0.357. The van der Waals surface area contributed by atoms with Crippen LogP contribution in [0.25, 0.3) is 6.08 Å². The minimum absolute atomic E-state index is 0.0553. The highest BCUT2D eigenvalue weighted by Crippen LogP contribution is 2.48. The average Bonchev–Trinajstić information content (AvgIpc) is 3.09. The topological polar surface area (TPSA) is 26.3 Å². The first kappa shape index (κ1) is 10.9. The molecule has 0 spiro atoms. The van der Waals surface area contributed by atoms with Gasteiger partial charge in [0.25, 0.3) is 0 Å². The fourth-order valence-electron chi connectivity index (χ4n) is 1.95. The molecule has 2 atom stereocenters. The maximum Gasteiger partial charge on any atom is 0.309 e. The van der Waals surface area contributed by atoms with Crippen LogP contribution >= 0.6 is 0 Å². The van der Waals surface area contributed by atoms with Gasteiger partial charge in [-0.15, -0.1) is 0 Å². The van der Waals surface area contributed by atoms with Crippen LogP contribution in [-0.4, -0.2) is 12.6 Å². The average molecular weight is 216 g/mol. The molecule has 1 aromatic carbocycles. The van der Waals surface area contributed by atoms with Gasteiger partial charge in [0.05, 0.1) is 12.5 Å². The van der Waals surface area contributed by atoms with Crippen molar-refractivity contribution in [3.63, 3.8) is 0 Å². The summed E-state index contributed by atoms with van der Waals surface area (Å²) in [4.78, 5) is 11.5. The van der Waals surface area contributed by atoms with Gasteiger partial charge in [-0.05, 0) is 30.4 Å². The quantitative estimate of drug-likeness (QED) is 0.723. The summed E-state index contributed by atoms with van der Waals surface area (Å²) < 4.78 is 5.01. The van der Waals surface area contributed by atoms with E-state index in [0.29, 0.717) is 12.5 Å². The van der Waals surface area contributed by atoms with Crippen LogP contribution in [0.1, 0.15) is 30.4 Å². The first-order valence-electron chi connectivity index (χ1n) is 5.65. The van der Waals surface area contributed by atoms with E-state index in [2.05, 4.69) is 18.7 Å². The normalized spacial score (nSPS) is 22.6. The molecule has 0 N–H and O–H groups in total. The minimum atomic E-state index is -0.0553. The first-order chi connectivity index (χ1) is 7.76. The summed E-state index contributed by atoms with van der Waals surface area (Å²) in [6, 6.07) is 8.20. The molecule has 84 valence electrons. The summed E-state index contributed by atoms with van der Waals surface area (Å²) in [6.07, 6.45) is 2.74. The molecule has 1 fully saturated rings. The van der Waals surface area contributed by atoms with Crippen molar-refractivity contribution in [2.45, 2.75) is 19.3 Å². The van der Waals surface area contributed by atoms with E-state index < -0.39 is 0 Å². The number of ether oxygens (including phenoxy) is 1. The third-order valence-electron chi connectivity index (χ3n) is 2.98. The standard InChI is InChI=1S/C14H16O2/c1-3-10-5-7-11(8-6-10)12-9-13(12)14(15)16-4-2/h3,5-8,12-13H,1,4,9H2,2H3. The maximum absolute atomic E-state index is 11.5. The van der Waals surface area contributed by atoms with Gasteiger partial charge in [-0.1, -0.05) is 36.9 Å². The second-order valence-electron chi connectivity index (χ2n) is 4.07. The van der Waals surface area contributed by atoms with Crippen LogP contribution in [0.4, 0.5) is 0 Å². The number of benzene rings is 1. The molecular weight excluding hydrogens is 200 g/mol. The van der Waals surface area contributed by atoms with E-state index in [1.807, 2.05) is 25.1 Å². The second kappa shape index (κ2) is 4.52. The molecule has 1 aliphatic carbocycles. The molecule has 1 aromatic rings. The molecule has 0 amide bonds. The SMILES string of the molecule is C=Cc1ccc(C2CC2C(=O)OCC)cc1. The van der Waals surface area contributed by atoms with Gasteiger partial charge in [0, 0.05) is 0 Å². The highest BCUT2D eigenvalue weighted by atomic mass is 16.5. The number of rotatable bonds is 4. The third-order valence-corrected chi connectivity index (χ3v) is 2.98. The van der Waals surface area contributed by atoms with Crippen LogP contribution in [0.3, 0.4) is 0 Å². The lowest BCUT2D eigenvalue weighted by atomic mass is 10.1. The summed E-state index contributed by atoms with van der Waals surface area (Å²) in [6.45, 7) is 6.03. The van der Waals surface area contributed by atoms with Gasteiger partial charge in [-0.25, -0.2) is 0 Å². The lowest BCUT2D eigenvalue weighted by Crippen LogP contribution is -2.07. The molecule has 0 aliphatic heterocycles. The van der Waals surface area contributed by atoms with Gasteiger partial charge in [0.2, 0.25) is 0 Å². The zero-order valence-corrected chi connectivity index (χ0v) is 9.48. The molecule has 0 saturated heterocycles. The number of carbonyl (C=O) groups excluding carboxylic acids is 1. The van der Waals surface area contributed by atoms with E-state index in [1.54, 1.807) is 0 Å². The second-order valence-corrected chi connectivity index (χ2v) is 4.07. The fourth-order valence-corrected chi connectivity index (χ4v) is 1.95. The van der Waals surface area contributed by atoms with Crippen molar-refractivity contribution in [1.29, 1.82) is 0 Å². The minimum Gasteiger partial charge on any atom is -0.466 e. The van der Waals surface area contributed by atoms with Crippen LogP contribution in [0.15, 0.2) is 30.8 Å². The van der Waals surface area contributed by atoms with E-state index >= 15 is 0 Å². The Balaban J connectivity index is 2.00.